The van der Waals surface area contributed by atoms with Crippen LogP contribution >= 0.6 is 0 Å². The van der Waals surface area contributed by atoms with E-state index in [1.807, 2.05) is 30.3 Å². The fraction of sp³-hybridized carbons (Fsp3) is 0.120. The Morgan fingerprint density at radius 1 is 0.903 bits per heavy atom. The van der Waals surface area contributed by atoms with Gasteiger partial charge in [-0.05, 0) is 40.5 Å². The van der Waals surface area contributed by atoms with Crippen molar-refractivity contribution in [3.8, 4) is 11.1 Å². The molecule has 0 saturated heterocycles. The van der Waals surface area contributed by atoms with E-state index in [4.69, 9.17) is 9.84 Å². The zero-order chi connectivity index (χ0) is 21.4. The molecule has 1 aliphatic carbocycles. The van der Waals surface area contributed by atoms with Gasteiger partial charge < -0.3 is 14.4 Å². The van der Waals surface area contributed by atoms with E-state index in [0.29, 0.717) is 5.69 Å². The number of aromatic nitrogens is 1. The number of nitrogens with one attached hydrogen (secondary N) is 1. The van der Waals surface area contributed by atoms with Crippen LogP contribution in [-0.2, 0) is 16.1 Å². The number of anilines is 1. The van der Waals surface area contributed by atoms with Crippen molar-refractivity contribution in [1.82, 2.24) is 4.57 Å². The Labute approximate surface area is 178 Å². The van der Waals surface area contributed by atoms with E-state index in [9.17, 15) is 9.59 Å². The number of amides is 1. The molecule has 5 rings (SSSR count). The van der Waals surface area contributed by atoms with Gasteiger partial charge in [-0.25, -0.2) is 4.79 Å². The van der Waals surface area contributed by atoms with Crippen LogP contribution < -0.4 is 5.32 Å². The first kappa shape index (κ1) is 18.9. The molecule has 0 unspecified atom stereocenters. The normalized spacial score (nSPS) is 12.4. The Balaban J connectivity index is 1.33. The molecule has 0 spiro atoms. The minimum Gasteiger partial charge on any atom is -0.480 e. The predicted molar refractivity (Wildman–Crippen MR) is 118 cm³/mol. The quantitative estimate of drug-likeness (QED) is 0.479. The van der Waals surface area contributed by atoms with E-state index in [-0.39, 0.29) is 19.1 Å². The van der Waals surface area contributed by atoms with Crippen LogP contribution in [0.2, 0.25) is 0 Å². The van der Waals surface area contributed by atoms with Crippen molar-refractivity contribution in [2.75, 3.05) is 11.9 Å². The van der Waals surface area contributed by atoms with Crippen molar-refractivity contribution >= 4 is 28.7 Å². The van der Waals surface area contributed by atoms with Crippen LogP contribution in [0.5, 0.6) is 0 Å². The molecule has 0 bridgehead atoms. The van der Waals surface area contributed by atoms with Gasteiger partial charge in [0.15, 0.2) is 0 Å². The number of rotatable bonds is 5. The van der Waals surface area contributed by atoms with E-state index >= 15 is 0 Å². The van der Waals surface area contributed by atoms with Crippen molar-refractivity contribution in [3.05, 3.63) is 90.1 Å². The Bertz CT molecular complexity index is 1260. The second-order valence-electron chi connectivity index (χ2n) is 7.53. The molecule has 2 N–H and O–H groups in total. The molecule has 1 aliphatic rings. The van der Waals surface area contributed by atoms with E-state index in [1.54, 1.807) is 29.0 Å². The molecule has 0 fully saturated rings. The molecule has 154 valence electrons. The maximum absolute atomic E-state index is 12.6. The number of carboxylic acid groups (broad SMARTS) is 1. The largest absolute Gasteiger partial charge is 0.480 e. The number of nitrogens with zero attached hydrogens (tertiary/aromatic N) is 1. The topological polar surface area (TPSA) is 80.6 Å². The Morgan fingerprint density at radius 3 is 2.26 bits per heavy atom. The molecule has 0 radical (unpaired) electrons. The summed E-state index contributed by atoms with van der Waals surface area (Å²) in [6.45, 7) is 0.0910. The third kappa shape index (κ3) is 3.42. The Hall–Kier alpha value is -4.06. The monoisotopic (exact) mass is 412 g/mol. The number of fused-ring (bicyclic) bond motifs is 4. The zero-order valence-electron chi connectivity index (χ0n) is 16.6. The molecule has 0 saturated carbocycles. The van der Waals surface area contributed by atoms with E-state index in [0.717, 1.165) is 22.0 Å². The molecule has 1 heterocycles. The van der Waals surface area contributed by atoms with E-state index in [1.165, 1.54) is 11.1 Å². The van der Waals surface area contributed by atoms with Gasteiger partial charge in [0.2, 0.25) is 0 Å². The number of carbonyl (C=O) groups excluding carboxylic acids is 1. The number of hydrogen-bond donors (Lipinski definition) is 2. The second-order valence-corrected chi connectivity index (χ2v) is 7.53. The zero-order valence-corrected chi connectivity index (χ0v) is 16.6. The SMILES string of the molecule is O=C(O)Cn1ccc2c(NC(=O)OCC3c4ccccc4-c4ccccc43)cccc21. The average molecular weight is 412 g/mol. The summed E-state index contributed by atoms with van der Waals surface area (Å²) in [6, 6.07) is 23.5. The van der Waals surface area contributed by atoms with Crippen molar-refractivity contribution in [2.24, 2.45) is 0 Å². The van der Waals surface area contributed by atoms with Crippen LogP contribution in [0, 0.1) is 0 Å². The molecule has 6 nitrogen and oxygen atoms in total. The summed E-state index contributed by atoms with van der Waals surface area (Å²) in [6.07, 6.45) is 1.15. The first-order chi connectivity index (χ1) is 15.1. The van der Waals surface area contributed by atoms with Crippen LogP contribution in [0.25, 0.3) is 22.0 Å². The number of hydrogen-bond acceptors (Lipinski definition) is 3. The molecule has 31 heavy (non-hydrogen) atoms. The van der Waals surface area contributed by atoms with Crippen molar-refractivity contribution in [2.45, 2.75) is 12.5 Å². The summed E-state index contributed by atoms with van der Waals surface area (Å²) in [5.41, 5.74) is 5.99. The lowest BCUT2D eigenvalue weighted by atomic mass is 9.98. The summed E-state index contributed by atoms with van der Waals surface area (Å²) >= 11 is 0. The third-order valence-electron chi connectivity index (χ3n) is 5.70. The fourth-order valence-corrected chi connectivity index (χ4v) is 4.36. The lowest BCUT2D eigenvalue weighted by Gasteiger charge is -2.15. The molecular weight excluding hydrogens is 392 g/mol. The van der Waals surface area contributed by atoms with Crippen LogP contribution in [0.1, 0.15) is 17.0 Å². The lowest BCUT2D eigenvalue weighted by Crippen LogP contribution is -2.18. The summed E-state index contributed by atoms with van der Waals surface area (Å²) in [4.78, 5) is 23.6. The van der Waals surface area contributed by atoms with Crippen LogP contribution in [0.15, 0.2) is 79.0 Å². The minimum atomic E-state index is -0.924. The standard InChI is InChI=1S/C25H20N2O4/c28-24(29)14-27-13-12-20-22(10-5-11-23(20)27)26-25(30)31-15-21-18-8-3-1-6-16(18)17-7-2-4-9-19(17)21/h1-13,21H,14-15H2,(H,26,30)(H,28,29). The van der Waals surface area contributed by atoms with Gasteiger partial charge in [-0.3, -0.25) is 10.1 Å². The maximum atomic E-state index is 12.6. The van der Waals surface area contributed by atoms with Crippen molar-refractivity contribution in [1.29, 1.82) is 0 Å². The molecule has 0 atom stereocenters. The van der Waals surface area contributed by atoms with Gasteiger partial charge in [0, 0.05) is 17.5 Å². The molecule has 0 aliphatic heterocycles. The van der Waals surface area contributed by atoms with E-state index < -0.39 is 12.1 Å². The predicted octanol–water partition coefficient (Wildman–Crippen LogP) is 5.09. The molecule has 6 heteroatoms. The third-order valence-corrected chi connectivity index (χ3v) is 5.70. The van der Waals surface area contributed by atoms with Gasteiger partial charge in [0.25, 0.3) is 0 Å². The summed E-state index contributed by atoms with van der Waals surface area (Å²) in [5, 5.41) is 12.6. The van der Waals surface area contributed by atoms with Gasteiger partial charge in [-0.1, -0.05) is 54.6 Å². The van der Waals surface area contributed by atoms with Crippen LogP contribution in [0.3, 0.4) is 0 Å². The molecular formula is C25H20N2O4. The van der Waals surface area contributed by atoms with E-state index in [2.05, 4.69) is 29.6 Å². The molecule has 4 aromatic rings. The van der Waals surface area contributed by atoms with Crippen molar-refractivity contribution < 1.29 is 19.4 Å². The number of aliphatic carboxylic acids is 1. The van der Waals surface area contributed by atoms with Crippen LogP contribution in [-0.4, -0.2) is 28.3 Å². The highest BCUT2D eigenvalue weighted by Gasteiger charge is 2.29. The highest BCUT2D eigenvalue weighted by molar-refractivity contribution is 5.99. The summed E-state index contributed by atoms with van der Waals surface area (Å²) in [5.74, 6) is -0.932. The van der Waals surface area contributed by atoms with Gasteiger partial charge in [0.05, 0.1) is 11.2 Å². The average Bonchev–Trinajstić information content (AvgIpc) is 3.32. The van der Waals surface area contributed by atoms with Gasteiger partial charge >= 0.3 is 12.1 Å². The van der Waals surface area contributed by atoms with Gasteiger partial charge in [0.1, 0.15) is 13.2 Å². The van der Waals surface area contributed by atoms with Crippen molar-refractivity contribution in [3.63, 3.8) is 0 Å². The first-order valence-electron chi connectivity index (χ1n) is 10.0. The van der Waals surface area contributed by atoms with Gasteiger partial charge in [-0.2, -0.15) is 0 Å². The highest BCUT2D eigenvalue weighted by Crippen LogP contribution is 2.44. The smallest absolute Gasteiger partial charge is 0.411 e. The lowest BCUT2D eigenvalue weighted by molar-refractivity contribution is -0.137. The first-order valence-corrected chi connectivity index (χ1v) is 10.0. The second kappa shape index (κ2) is 7.65. The Kier molecular flexibility index (Phi) is 4.67. The summed E-state index contributed by atoms with van der Waals surface area (Å²) < 4.78 is 7.24. The summed E-state index contributed by atoms with van der Waals surface area (Å²) in [7, 11) is 0. The molecule has 3 aromatic carbocycles. The maximum Gasteiger partial charge on any atom is 0.411 e. The fourth-order valence-electron chi connectivity index (χ4n) is 4.36. The number of benzene rings is 3. The number of carbonyl (C=O) groups is 2. The minimum absolute atomic E-state index is 0.00871. The van der Waals surface area contributed by atoms with Crippen LogP contribution in [0.4, 0.5) is 10.5 Å². The van der Waals surface area contributed by atoms with Gasteiger partial charge in [-0.15, -0.1) is 0 Å². The molecule has 1 amide bonds. The Morgan fingerprint density at radius 2 is 1.58 bits per heavy atom. The number of ether oxygens (including phenoxy) is 1. The number of carboxylic acids is 1. The highest BCUT2D eigenvalue weighted by atomic mass is 16.5. The molecule has 1 aromatic heterocycles.